The lowest BCUT2D eigenvalue weighted by atomic mass is 10.1. The van der Waals surface area contributed by atoms with E-state index in [4.69, 9.17) is 10.5 Å². The van der Waals surface area contributed by atoms with E-state index in [1.54, 1.807) is 6.07 Å². The van der Waals surface area contributed by atoms with Gasteiger partial charge in [-0.3, -0.25) is 0 Å². The topological polar surface area (TPSA) is 59.6 Å². The average molecular weight is 267 g/mol. The number of nitrogens with zero attached hydrogens (tertiary/aromatic N) is 1. The lowest BCUT2D eigenvalue weighted by molar-refractivity contribution is 0.372. The van der Waals surface area contributed by atoms with Crippen molar-refractivity contribution in [3.63, 3.8) is 0 Å². The summed E-state index contributed by atoms with van der Waals surface area (Å²) >= 11 is 0. The molecular formula is C16H17N3O. The van der Waals surface area contributed by atoms with Gasteiger partial charge in [0.2, 0.25) is 0 Å². The van der Waals surface area contributed by atoms with Crippen LogP contribution in [0.1, 0.15) is 11.1 Å². The molecule has 0 saturated heterocycles. The predicted octanol–water partition coefficient (Wildman–Crippen LogP) is 3.42. The molecule has 0 bridgehead atoms. The molecule has 0 spiro atoms. The largest absolute Gasteiger partial charge is 0.483 e. The molecule has 1 heterocycles. The Bertz CT molecular complexity index is 672. The molecule has 0 fully saturated rings. The van der Waals surface area contributed by atoms with Crippen LogP contribution in [-0.2, 0) is 0 Å². The number of anilines is 2. The highest BCUT2D eigenvalue weighted by Crippen LogP contribution is 2.32. The van der Waals surface area contributed by atoms with Crippen molar-refractivity contribution < 1.29 is 4.74 Å². The van der Waals surface area contributed by atoms with Crippen molar-refractivity contribution in [2.45, 2.75) is 13.8 Å². The zero-order valence-electron chi connectivity index (χ0n) is 11.6. The van der Waals surface area contributed by atoms with Crippen LogP contribution in [0.3, 0.4) is 0 Å². The number of rotatable bonds is 1. The average Bonchev–Trinajstić information content (AvgIpc) is 2.38. The fourth-order valence-electron chi connectivity index (χ4n) is 2.34. The maximum Gasteiger partial charge on any atom is 0.147 e. The number of benzene rings is 2. The molecule has 0 atom stereocenters. The second kappa shape index (κ2) is 4.89. The lowest BCUT2D eigenvalue weighted by Crippen LogP contribution is -2.23. The van der Waals surface area contributed by atoms with Gasteiger partial charge in [-0.05, 0) is 49.2 Å². The minimum atomic E-state index is 0.420. The van der Waals surface area contributed by atoms with E-state index in [0.717, 1.165) is 23.0 Å². The van der Waals surface area contributed by atoms with Gasteiger partial charge in [-0.2, -0.15) is 0 Å². The molecule has 0 unspecified atom stereocenters. The van der Waals surface area contributed by atoms with E-state index >= 15 is 0 Å². The SMILES string of the molecule is Cc1cc(C)cc(NC2=Nc3ccc(N)cc3OC2)c1. The molecular weight excluding hydrogens is 250 g/mol. The third kappa shape index (κ3) is 2.59. The van der Waals surface area contributed by atoms with E-state index in [1.807, 2.05) is 12.1 Å². The van der Waals surface area contributed by atoms with Gasteiger partial charge in [0.1, 0.15) is 23.9 Å². The quantitative estimate of drug-likeness (QED) is 0.778. The lowest BCUT2D eigenvalue weighted by Gasteiger charge is -2.18. The zero-order chi connectivity index (χ0) is 14.1. The summed E-state index contributed by atoms with van der Waals surface area (Å²) in [5.74, 6) is 1.53. The van der Waals surface area contributed by atoms with Crippen LogP contribution in [0.25, 0.3) is 0 Å². The van der Waals surface area contributed by atoms with Crippen LogP contribution in [-0.4, -0.2) is 12.4 Å². The number of aliphatic imine (C=N–C) groups is 1. The van der Waals surface area contributed by atoms with E-state index in [2.05, 4.69) is 42.4 Å². The Hall–Kier alpha value is -2.49. The minimum absolute atomic E-state index is 0.420. The standard InChI is InChI=1S/C16H17N3O/c1-10-5-11(2)7-13(6-10)18-16-9-20-15-8-12(17)3-4-14(15)19-16/h3-8H,9,17H2,1-2H3,(H,18,19). The second-order valence-electron chi connectivity index (χ2n) is 5.08. The Balaban J connectivity index is 1.87. The Morgan fingerprint density at radius 3 is 2.60 bits per heavy atom. The van der Waals surface area contributed by atoms with Crippen LogP contribution in [0.5, 0.6) is 5.75 Å². The third-order valence-corrected chi connectivity index (χ3v) is 3.11. The van der Waals surface area contributed by atoms with Crippen molar-refractivity contribution in [1.29, 1.82) is 0 Å². The molecule has 4 heteroatoms. The first-order valence-corrected chi connectivity index (χ1v) is 6.55. The van der Waals surface area contributed by atoms with Crippen LogP contribution >= 0.6 is 0 Å². The van der Waals surface area contributed by atoms with Crippen LogP contribution in [0.2, 0.25) is 0 Å². The number of hydrogen-bond donors (Lipinski definition) is 2. The van der Waals surface area contributed by atoms with Crippen molar-refractivity contribution in [2.24, 2.45) is 4.99 Å². The Labute approximate surface area is 118 Å². The number of nitrogens with one attached hydrogen (secondary N) is 1. The molecule has 3 N–H and O–H groups in total. The summed E-state index contributed by atoms with van der Waals surface area (Å²) in [7, 11) is 0. The number of ether oxygens (including phenoxy) is 1. The maximum absolute atomic E-state index is 5.73. The van der Waals surface area contributed by atoms with Crippen molar-refractivity contribution in [2.75, 3.05) is 17.7 Å². The van der Waals surface area contributed by atoms with Gasteiger partial charge in [-0.15, -0.1) is 0 Å². The summed E-state index contributed by atoms with van der Waals surface area (Å²) in [5.41, 5.74) is 10.7. The van der Waals surface area contributed by atoms with Crippen molar-refractivity contribution in [3.8, 4) is 5.75 Å². The van der Waals surface area contributed by atoms with E-state index in [0.29, 0.717) is 12.3 Å². The number of aryl methyl sites for hydroxylation is 2. The number of amidine groups is 1. The molecule has 3 rings (SSSR count). The number of nitrogens with two attached hydrogens (primary N) is 1. The molecule has 0 saturated carbocycles. The summed E-state index contributed by atoms with van der Waals surface area (Å²) in [6.45, 7) is 4.58. The molecule has 2 aromatic rings. The van der Waals surface area contributed by atoms with Gasteiger partial charge in [-0.25, -0.2) is 4.99 Å². The molecule has 1 aliphatic heterocycles. The third-order valence-electron chi connectivity index (χ3n) is 3.11. The van der Waals surface area contributed by atoms with Crippen molar-refractivity contribution >= 4 is 22.9 Å². The van der Waals surface area contributed by atoms with Crippen LogP contribution in [0.4, 0.5) is 17.1 Å². The molecule has 0 radical (unpaired) electrons. The van der Waals surface area contributed by atoms with Gasteiger partial charge in [0.15, 0.2) is 0 Å². The summed E-state index contributed by atoms with van der Waals surface area (Å²) in [5, 5.41) is 3.31. The van der Waals surface area contributed by atoms with Crippen molar-refractivity contribution in [3.05, 3.63) is 47.5 Å². The highest BCUT2D eigenvalue weighted by Gasteiger charge is 2.13. The fourth-order valence-corrected chi connectivity index (χ4v) is 2.34. The van der Waals surface area contributed by atoms with Crippen molar-refractivity contribution in [1.82, 2.24) is 0 Å². The molecule has 0 aliphatic carbocycles. The molecule has 102 valence electrons. The predicted molar refractivity (Wildman–Crippen MR) is 83.0 cm³/mol. The molecule has 2 aromatic carbocycles. The number of fused-ring (bicyclic) bond motifs is 1. The maximum atomic E-state index is 5.73. The number of nitrogen functional groups attached to an aromatic ring is 1. The second-order valence-corrected chi connectivity index (χ2v) is 5.08. The Morgan fingerprint density at radius 2 is 1.85 bits per heavy atom. The first-order chi connectivity index (χ1) is 9.60. The van der Waals surface area contributed by atoms with Gasteiger partial charge in [0, 0.05) is 17.4 Å². The minimum Gasteiger partial charge on any atom is -0.483 e. The first kappa shape index (κ1) is 12.5. The van der Waals surface area contributed by atoms with Gasteiger partial charge >= 0.3 is 0 Å². The first-order valence-electron chi connectivity index (χ1n) is 6.55. The van der Waals surface area contributed by atoms with E-state index < -0.39 is 0 Å². The molecule has 20 heavy (non-hydrogen) atoms. The molecule has 0 amide bonds. The van der Waals surface area contributed by atoms with Crippen LogP contribution < -0.4 is 15.8 Å². The van der Waals surface area contributed by atoms with Gasteiger partial charge in [0.05, 0.1) is 0 Å². The smallest absolute Gasteiger partial charge is 0.147 e. The molecule has 0 aromatic heterocycles. The summed E-state index contributed by atoms with van der Waals surface area (Å²) in [6.07, 6.45) is 0. The fraction of sp³-hybridized carbons (Fsp3) is 0.188. The highest BCUT2D eigenvalue weighted by molar-refractivity contribution is 5.99. The highest BCUT2D eigenvalue weighted by atomic mass is 16.5. The van der Waals surface area contributed by atoms with E-state index in [9.17, 15) is 0 Å². The molecule has 1 aliphatic rings. The van der Waals surface area contributed by atoms with E-state index in [1.165, 1.54) is 11.1 Å². The molecule has 4 nitrogen and oxygen atoms in total. The van der Waals surface area contributed by atoms with Crippen LogP contribution in [0, 0.1) is 13.8 Å². The summed E-state index contributed by atoms with van der Waals surface area (Å²) in [6, 6.07) is 11.8. The normalized spacial score (nSPS) is 13.2. The van der Waals surface area contributed by atoms with Gasteiger partial charge in [-0.1, -0.05) is 6.07 Å². The van der Waals surface area contributed by atoms with Crippen LogP contribution in [0.15, 0.2) is 41.4 Å². The Morgan fingerprint density at radius 1 is 1.10 bits per heavy atom. The summed E-state index contributed by atoms with van der Waals surface area (Å²) < 4.78 is 5.68. The van der Waals surface area contributed by atoms with Gasteiger partial charge in [0.25, 0.3) is 0 Å². The zero-order valence-corrected chi connectivity index (χ0v) is 11.6. The van der Waals surface area contributed by atoms with E-state index in [-0.39, 0.29) is 0 Å². The summed E-state index contributed by atoms with van der Waals surface area (Å²) in [4.78, 5) is 4.57. The Kier molecular flexibility index (Phi) is 3.06. The monoisotopic (exact) mass is 267 g/mol. The number of hydrogen-bond acceptors (Lipinski definition) is 4. The van der Waals surface area contributed by atoms with Gasteiger partial charge < -0.3 is 15.8 Å².